The molecular weight excluding hydrogens is 226 g/mol. The van der Waals surface area contributed by atoms with Gasteiger partial charge in [0.05, 0.1) is 7.11 Å². The van der Waals surface area contributed by atoms with Crippen molar-refractivity contribution in [2.24, 2.45) is 0 Å². The molecule has 1 rings (SSSR count). The Balaban J connectivity index is 2.38. The van der Waals surface area contributed by atoms with E-state index in [0.717, 1.165) is 19.4 Å². The highest BCUT2D eigenvalue weighted by atomic mass is 16.5. The fourth-order valence-electron chi connectivity index (χ4n) is 1.91. The van der Waals surface area contributed by atoms with Gasteiger partial charge in [-0.3, -0.25) is 4.79 Å². The molecule has 1 aromatic rings. The zero-order valence-corrected chi connectivity index (χ0v) is 11.5. The van der Waals surface area contributed by atoms with Crippen molar-refractivity contribution in [2.45, 2.75) is 39.2 Å². The first-order valence-electron chi connectivity index (χ1n) is 6.54. The van der Waals surface area contributed by atoms with Crippen LogP contribution >= 0.6 is 0 Å². The van der Waals surface area contributed by atoms with E-state index in [1.165, 1.54) is 18.2 Å². The number of ether oxygens (including phenoxy) is 1. The molecular formula is C15H23NO2. The molecule has 100 valence electrons. The highest BCUT2D eigenvalue weighted by molar-refractivity contribution is 5.69. The zero-order valence-electron chi connectivity index (χ0n) is 11.5. The molecule has 0 aliphatic rings. The average molecular weight is 249 g/mol. The average Bonchev–Trinajstić information content (AvgIpc) is 2.40. The van der Waals surface area contributed by atoms with Gasteiger partial charge in [0.2, 0.25) is 0 Å². The van der Waals surface area contributed by atoms with Crippen LogP contribution in [-0.2, 0) is 9.53 Å². The van der Waals surface area contributed by atoms with Gasteiger partial charge < -0.3 is 10.1 Å². The first-order valence-corrected chi connectivity index (χ1v) is 6.54. The third-order valence-electron chi connectivity index (χ3n) is 3.06. The highest BCUT2D eigenvalue weighted by Crippen LogP contribution is 2.17. The van der Waals surface area contributed by atoms with Gasteiger partial charge in [-0.2, -0.15) is 0 Å². The van der Waals surface area contributed by atoms with Crippen molar-refractivity contribution in [3.8, 4) is 0 Å². The number of nitrogens with one attached hydrogen (secondary N) is 1. The molecule has 0 saturated heterocycles. The van der Waals surface area contributed by atoms with Crippen LogP contribution in [0, 0.1) is 6.92 Å². The molecule has 0 amide bonds. The number of methoxy groups -OCH3 is 1. The molecule has 3 heteroatoms. The Morgan fingerprint density at radius 2 is 2.00 bits per heavy atom. The number of carbonyl (C=O) groups excluding carboxylic acids is 1. The number of carbonyl (C=O) groups is 1. The van der Waals surface area contributed by atoms with E-state index in [9.17, 15) is 4.79 Å². The molecule has 0 aliphatic heterocycles. The van der Waals surface area contributed by atoms with E-state index in [-0.39, 0.29) is 5.97 Å². The minimum atomic E-state index is -0.139. The van der Waals surface area contributed by atoms with Crippen molar-refractivity contribution in [3.63, 3.8) is 0 Å². The molecule has 0 bridgehead atoms. The highest BCUT2D eigenvalue weighted by Gasteiger charge is 2.08. The number of benzene rings is 1. The summed E-state index contributed by atoms with van der Waals surface area (Å²) in [6, 6.07) is 8.96. The van der Waals surface area contributed by atoms with Gasteiger partial charge in [-0.1, -0.05) is 36.8 Å². The van der Waals surface area contributed by atoms with Gasteiger partial charge >= 0.3 is 5.97 Å². The lowest BCUT2D eigenvalue weighted by Gasteiger charge is -2.17. The Morgan fingerprint density at radius 1 is 1.33 bits per heavy atom. The predicted molar refractivity (Wildman–Crippen MR) is 73.5 cm³/mol. The fraction of sp³-hybridized carbons (Fsp3) is 0.533. The van der Waals surface area contributed by atoms with Gasteiger partial charge in [-0.05, 0) is 31.9 Å². The molecule has 0 radical (unpaired) electrons. The van der Waals surface area contributed by atoms with E-state index in [4.69, 9.17) is 0 Å². The predicted octanol–water partition coefficient (Wildman–Crippen LogP) is 2.99. The maximum absolute atomic E-state index is 11.0. The van der Waals surface area contributed by atoms with Crippen molar-refractivity contribution in [3.05, 3.63) is 35.4 Å². The van der Waals surface area contributed by atoms with Crippen molar-refractivity contribution in [1.82, 2.24) is 5.32 Å². The summed E-state index contributed by atoms with van der Waals surface area (Å²) in [5, 5.41) is 3.48. The normalized spacial score (nSPS) is 12.2. The Morgan fingerprint density at radius 3 is 2.56 bits per heavy atom. The van der Waals surface area contributed by atoms with Gasteiger partial charge in [0.25, 0.3) is 0 Å². The van der Waals surface area contributed by atoms with Crippen molar-refractivity contribution < 1.29 is 9.53 Å². The Hall–Kier alpha value is -1.35. The first-order chi connectivity index (χ1) is 8.67. The van der Waals surface area contributed by atoms with Gasteiger partial charge in [-0.15, -0.1) is 0 Å². The van der Waals surface area contributed by atoms with Crippen LogP contribution in [0.2, 0.25) is 0 Å². The van der Waals surface area contributed by atoms with Gasteiger partial charge in [-0.25, -0.2) is 0 Å². The number of aryl methyl sites for hydroxylation is 1. The summed E-state index contributed by atoms with van der Waals surface area (Å²) in [5.74, 6) is -0.139. The third kappa shape index (κ3) is 4.88. The monoisotopic (exact) mass is 249 g/mol. The topological polar surface area (TPSA) is 38.3 Å². The zero-order chi connectivity index (χ0) is 13.4. The SMILES string of the molecule is CCC(NCCCC(=O)OC)c1ccc(C)cc1. The molecule has 0 fully saturated rings. The van der Waals surface area contributed by atoms with E-state index in [1.54, 1.807) is 0 Å². The Bertz CT molecular complexity index is 359. The molecule has 0 heterocycles. The molecule has 0 aliphatic carbocycles. The molecule has 3 nitrogen and oxygen atoms in total. The van der Waals surface area contributed by atoms with Crippen molar-refractivity contribution in [1.29, 1.82) is 0 Å². The van der Waals surface area contributed by atoms with Crippen LogP contribution in [-0.4, -0.2) is 19.6 Å². The summed E-state index contributed by atoms with van der Waals surface area (Å²) in [5.41, 5.74) is 2.58. The van der Waals surface area contributed by atoms with Crippen LogP contribution in [0.25, 0.3) is 0 Å². The van der Waals surface area contributed by atoms with Gasteiger partial charge in [0.1, 0.15) is 0 Å². The van der Waals surface area contributed by atoms with E-state index in [0.29, 0.717) is 12.5 Å². The Kier molecular flexibility index (Phi) is 6.44. The maximum atomic E-state index is 11.0. The Labute approximate surface area is 110 Å². The standard InChI is InChI=1S/C15H23NO2/c1-4-14(13-9-7-12(2)8-10-13)16-11-5-6-15(17)18-3/h7-10,14,16H,4-6,11H2,1-3H3. The summed E-state index contributed by atoms with van der Waals surface area (Å²) in [4.78, 5) is 11.0. The first kappa shape index (κ1) is 14.7. The number of hydrogen-bond acceptors (Lipinski definition) is 3. The van der Waals surface area contributed by atoms with Crippen molar-refractivity contribution >= 4 is 5.97 Å². The maximum Gasteiger partial charge on any atom is 0.305 e. The molecule has 1 aromatic carbocycles. The fourth-order valence-corrected chi connectivity index (χ4v) is 1.91. The van der Waals surface area contributed by atoms with E-state index in [1.807, 2.05) is 0 Å². The van der Waals surface area contributed by atoms with Crippen LogP contribution in [0.15, 0.2) is 24.3 Å². The van der Waals surface area contributed by atoms with Crippen LogP contribution in [0.5, 0.6) is 0 Å². The van der Waals surface area contributed by atoms with Crippen LogP contribution < -0.4 is 5.32 Å². The number of esters is 1. The van der Waals surface area contributed by atoms with Crippen LogP contribution in [0.1, 0.15) is 43.4 Å². The van der Waals surface area contributed by atoms with Gasteiger partial charge in [0.15, 0.2) is 0 Å². The number of hydrogen-bond donors (Lipinski definition) is 1. The number of rotatable bonds is 7. The second-order valence-electron chi connectivity index (χ2n) is 4.51. The molecule has 1 N–H and O–H groups in total. The van der Waals surface area contributed by atoms with Gasteiger partial charge in [0, 0.05) is 12.5 Å². The molecule has 0 saturated carbocycles. The van der Waals surface area contributed by atoms with E-state index >= 15 is 0 Å². The summed E-state index contributed by atoms with van der Waals surface area (Å²) < 4.78 is 4.61. The summed E-state index contributed by atoms with van der Waals surface area (Å²) >= 11 is 0. The summed E-state index contributed by atoms with van der Waals surface area (Å²) in [7, 11) is 1.43. The molecule has 0 aromatic heterocycles. The second-order valence-corrected chi connectivity index (χ2v) is 4.51. The van der Waals surface area contributed by atoms with E-state index < -0.39 is 0 Å². The molecule has 18 heavy (non-hydrogen) atoms. The quantitative estimate of drug-likeness (QED) is 0.596. The lowest BCUT2D eigenvalue weighted by atomic mass is 10.0. The summed E-state index contributed by atoms with van der Waals surface area (Å²) in [6.45, 7) is 5.09. The lowest BCUT2D eigenvalue weighted by Crippen LogP contribution is -2.22. The smallest absolute Gasteiger partial charge is 0.305 e. The molecule has 1 unspecified atom stereocenters. The minimum absolute atomic E-state index is 0.139. The minimum Gasteiger partial charge on any atom is -0.469 e. The van der Waals surface area contributed by atoms with Crippen LogP contribution in [0.4, 0.5) is 0 Å². The summed E-state index contributed by atoms with van der Waals surface area (Å²) in [6.07, 6.45) is 2.34. The lowest BCUT2D eigenvalue weighted by molar-refractivity contribution is -0.140. The van der Waals surface area contributed by atoms with Crippen molar-refractivity contribution in [2.75, 3.05) is 13.7 Å². The van der Waals surface area contributed by atoms with Crippen LogP contribution in [0.3, 0.4) is 0 Å². The molecule has 0 spiro atoms. The van der Waals surface area contributed by atoms with E-state index in [2.05, 4.69) is 48.2 Å². The second kappa shape index (κ2) is 7.88. The largest absolute Gasteiger partial charge is 0.469 e. The molecule has 1 atom stereocenters. The third-order valence-corrected chi connectivity index (χ3v) is 3.06.